The Bertz CT molecular complexity index is 323. The summed E-state index contributed by atoms with van der Waals surface area (Å²) in [6, 6.07) is -0.268. The number of piperidine rings is 1. The molecule has 0 spiro atoms. The van der Waals surface area contributed by atoms with E-state index in [2.05, 4.69) is 26.1 Å². The second-order valence-corrected chi connectivity index (χ2v) is 6.48. The van der Waals surface area contributed by atoms with E-state index in [0.29, 0.717) is 13.1 Å². The zero-order valence-corrected chi connectivity index (χ0v) is 12.2. The maximum absolute atomic E-state index is 12.1. The monoisotopic (exact) mass is 270 g/mol. The van der Waals surface area contributed by atoms with E-state index in [0.717, 1.165) is 25.7 Å². The minimum absolute atomic E-state index is 0.0483. The van der Waals surface area contributed by atoms with Crippen molar-refractivity contribution >= 4 is 12.0 Å². The number of carboxylic acids is 1. The highest BCUT2D eigenvalue weighted by molar-refractivity contribution is 5.76. The summed E-state index contributed by atoms with van der Waals surface area (Å²) in [7, 11) is 0. The van der Waals surface area contributed by atoms with E-state index in [1.54, 1.807) is 4.90 Å². The minimum atomic E-state index is -0.834. The Morgan fingerprint density at radius 3 is 2.58 bits per heavy atom. The second-order valence-electron chi connectivity index (χ2n) is 6.48. The van der Waals surface area contributed by atoms with Gasteiger partial charge in [0.25, 0.3) is 0 Å². The van der Waals surface area contributed by atoms with Crippen molar-refractivity contribution in [1.29, 1.82) is 0 Å². The molecule has 2 amide bonds. The molecule has 19 heavy (non-hydrogen) atoms. The molecule has 0 radical (unpaired) electrons. The Hall–Kier alpha value is -1.26. The van der Waals surface area contributed by atoms with E-state index in [-0.39, 0.29) is 23.9 Å². The molecule has 0 bridgehead atoms. The first kappa shape index (κ1) is 15.8. The van der Waals surface area contributed by atoms with Gasteiger partial charge in [-0.05, 0) is 31.1 Å². The third kappa shape index (κ3) is 5.94. The van der Waals surface area contributed by atoms with Crippen LogP contribution >= 0.6 is 0 Å². The van der Waals surface area contributed by atoms with E-state index >= 15 is 0 Å². The first-order valence-corrected chi connectivity index (χ1v) is 7.06. The number of urea groups is 1. The normalized spacial score (nSPS) is 20.2. The Labute approximate surface area is 115 Å². The first-order chi connectivity index (χ1) is 8.79. The molecule has 0 aromatic heterocycles. The van der Waals surface area contributed by atoms with Crippen LogP contribution in [0.1, 0.15) is 52.9 Å². The summed E-state index contributed by atoms with van der Waals surface area (Å²) >= 11 is 0. The van der Waals surface area contributed by atoms with Crippen molar-refractivity contribution in [3.63, 3.8) is 0 Å². The quantitative estimate of drug-likeness (QED) is 0.824. The number of carbonyl (C=O) groups is 2. The fourth-order valence-corrected chi connectivity index (χ4v) is 2.33. The molecule has 5 nitrogen and oxygen atoms in total. The number of hydrogen-bond acceptors (Lipinski definition) is 2. The third-order valence-electron chi connectivity index (χ3n) is 3.45. The van der Waals surface area contributed by atoms with Crippen LogP contribution < -0.4 is 5.32 Å². The molecule has 1 heterocycles. The van der Waals surface area contributed by atoms with Crippen molar-refractivity contribution in [2.45, 2.75) is 58.9 Å². The van der Waals surface area contributed by atoms with Crippen molar-refractivity contribution in [2.24, 2.45) is 5.41 Å². The number of amides is 2. The van der Waals surface area contributed by atoms with Crippen LogP contribution in [0.25, 0.3) is 0 Å². The van der Waals surface area contributed by atoms with Gasteiger partial charge in [-0.1, -0.05) is 20.8 Å². The summed E-state index contributed by atoms with van der Waals surface area (Å²) in [4.78, 5) is 24.6. The number of nitrogens with one attached hydrogen (secondary N) is 1. The summed E-state index contributed by atoms with van der Waals surface area (Å²) in [6.07, 6.45) is 3.72. The summed E-state index contributed by atoms with van der Waals surface area (Å²) in [6.45, 7) is 7.70. The van der Waals surface area contributed by atoms with Crippen LogP contribution in [0, 0.1) is 5.41 Å². The molecular weight excluding hydrogens is 244 g/mol. The summed E-state index contributed by atoms with van der Waals surface area (Å²) in [5, 5.41) is 11.8. The van der Waals surface area contributed by atoms with Gasteiger partial charge in [-0.3, -0.25) is 4.79 Å². The fraction of sp³-hybridized carbons (Fsp3) is 0.857. The molecule has 0 aliphatic carbocycles. The van der Waals surface area contributed by atoms with Gasteiger partial charge in [0, 0.05) is 19.1 Å². The van der Waals surface area contributed by atoms with Gasteiger partial charge < -0.3 is 15.3 Å². The van der Waals surface area contributed by atoms with Crippen molar-refractivity contribution in [2.75, 3.05) is 13.1 Å². The molecule has 2 N–H and O–H groups in total. The number of nitrogens with zero attached hydrogens (tertiary/aromatic N) is 1. The molecule has 1 aliphatic rings. The van der Waals surface area contributed by atoms with Crippen LogP contribution in [-0.2, 0) is 4.79 Å². The highest BCUT2D eigenvalue weighted by Gasteiger charge is 2.28. The molecule has 1 atom stereocenters. The second kappa shape index (κ2) is 6.78. The van der Waals surface area contributed by atoms with Crippen LogP contribution in [0.15, 0.2) is 0 Å². The largest absolute Gasteiger partial charge is 0.481 e. The van der Waals surface area contributed by atoms with E-state index < -0.39 is 5.97 Å². The molecule has 1 aliphatic heterocycles. The number of aliphatic carboxylic acids is 1. The van der Waals surface area contributed by atoms with E-state index in [1.807, 2.05) is 0 Å². The van der Waals surface area contributed by atoms with Crippen molar-refractivity contribution in [1.82, 2.24) is 10.2 Å². The van der Waals surface area contributed by atoms with Crippen LogP contribution in [0.4, 0.5) is 4.79 Å². The molecule has 0 aromatic carbocycles. The summed E-state index contributed by atoms with van der Waals surface area (Å²) < 4.78 is 0. The van der Waals surface area contributed by atoms with Crippen LogP contribution in [0.3, 0.4) is 0 Å². The minimum Gasteiger partial charge on any atom is -0.481 e. The maximum Gasteiger partial charge on any atom is 0.317 e. The van der Waals surface area contributed by atoms with Crippen molar-refractivity contribution in [3.8, 4) is 0 Å². The Morgan fingerprint density at radius 2 is 2.00 bits per heavy atom. The maximum atomic E-state index is 12.1. The average Bonchev–Trinajstić information content (AvgIpc) is 2.27. The van der Waals surface area contributed by atoms with Gasteiger partial charge in [-0.15, -0.1) is 0 Å². The van der Waals surface area contributed by atoms with Gasteiger partial charge in [-0.2, -0.15) is 0 Å². The van der Waals surface area contributed by atoms with Crippen molar-refractivity contribution < 1.29 is 14.7 Å². The molecule has 0 saturated carbocycles. The van der Waals surface area contributed by atoms with Gasteiger partial charge in [0.15, 0.2) is 0 Å². The van der Waals surface area contributed by atoms with Gasteiger partial charge in [-0.25, -0.2) is 4.79 Å². The summed E-state index contributed by atoms with van der Waals surface area (Å²) in [5.41, 5.74) is 0.190. The molecular formula is C14H26N2O3. The van der Waals surface area contributed by atoms with Crippen molar-refractivity contribution in [3.05, 3.63) is 0 Å². The lowest BCUT2D eigenvalue weighted by atomic mass is 9.92. The fourth-order valence-electron chi connectivity index (χ4n) is 2.33. The number of hydrogen-bond donors (Lipinski definition) is 2. The molecule has 1 unspecified atom stereocenters. The third-order valence-corrected chi connectivity index (χ3v) is 3.45. The highest BCUT2D eigenvalue weighted by atomic mass is 16.4. The standard InChI is InChI=1S/C14H26N2O3/c1-14(2,3)7-8-15-13(19)16-9-5-4-6-11(16)10-12(17)18/h11H,4-10H2,1-3H3,(H,15,19)(H,17,18). The zero-order valence-electron chi connectivity index (χ0n) is 12.2. The lowest BCUT2D eigenvalue weighted by Gasteiger charge is -2.35. The number of rotatable bonds is 4. The van der Waals surface area contributed by atoms with Gasteiger partial charge in [0.2, 0.25) is 0 Å². The average molecular weight is 270 g/mol. The SMILES string of the molecule is CC(C)(C)CCNC(=O)N1CCCCC1CC(=O)O. The van der Waals surface area contributed by atoms with E-state index in [1.165, 1.54) is 0 Å². The molecule has 0 aromatic rings. The molecule has 1 fully saturated rings. The van der Waals surface area contributed by atoms with E-state index in [4.69, 9.17) is 5.11 Å². The molecule has 1 saturated heterocycles. The van der Waals surface area contributed by atoms with Crippen LogP contribution in [-0.4, -0.2) is 41.1 Å². The molecule has 1 rings (SSSR count). The van der Waals surface area contributed by atoms with Gasteiger partial charge in [0.05, 0.1) is 6.42 Å². The Kier molecular flexibility index (Phi) is 5.63. The predicted octanol–water partition coefficient (Wildman–Crippen LogP) is 2.46. The number of carboxylic acid groups (broad SMARTS) is 1. The topological polar surface area (TPSA) is 69.6 Å². The molecule has 110 valence electrons. The lowest BCUT2D eigenvalue weighted by Crippen LogP contribution is -2.49. The summed E-state index contributed by atoms with van der Waals surface area (Å²) in [5.74, 6) is -0.834. The predicted molar refractivity (Wildman–Crippen MR) is 74.1 cm³/mol. The highest BCUT2D eigenvalue weighted by Crippen LogP contribution is 2.20. The number of likely N-dealkylation sites (tertiary alicyclic amines) is 1. The smallest absolute Gasteiger partial charge is 0.317 e. The van der Waals surface area contributed by atoms with Gasteiger partial charge >= 0.3 is 12.0 Å². The Morgan fingerprint density at radius 1 is 1.32 bits per heavy atom. The van der Waals surface area contributed by atoms with Crippen LogP contribution in [0.5, 0.6) is 0 Å². The molecule has 5 heteroatoms. The Balaban J connectivity index is 2.45. The zero-order chi connectivity index (χ0) is 14.5. The first-order valence-electron chi connectivity index (χ1n) is 7.06. The lowest BCUT2D eigenvalue weighted by molar-refractivity contribution is -0.138. The van der Waals surface area contributed by atoms with E-state index in [9.17, 15) is 9.59 Å². The number of carbonyl (C=O) groups excluding carboxylic acids is 1. The van der Waals surface area contributed by atoms with Gasteiger partial charge in [0.1, 0.15) is 0 Å². The van der Waals surface area contributed by atoms with Crippen LogP contribution in [0.2, 0.25) is 0 Å².